The molecule has 1 heterocycles. The van der Waals surface area contributed by atoms with Gasteiger partial charge >= 0.3 is 0 Å². The third-order valence-corrected chi connectivity index (χ3v) is 4.47. The molecule has 2 aromatic rings. The van der Waals surface area contributed by atoms with Crippen LogP contribution in [0.4, 0.5) is 5.82 Å². The molecule has 6 heteroatoms. The first-order valence-corrected chi connectivity index (χ1v) is 8.70. The largest absolute Gasteiger partial charge is 0.367 e. The molecule has 1 aliphatic carbocycles. The summed E-state index contributed by atoms with van der Waals surface area (Å²) in [5, 5.41) is 6.99. The second-order valence-corrected chi connectivity index (χ2v) is 6.48. The third-order valence-electron chi connectivity index (χ3n) is 4.22. The van der Waals surface area contributed by atoms with Gasteiger partial charge in [0.25, 0.3) is 5.91 Å². The summed E-state index contributed by atoms with van der Waals surface area (Å²) in [5.74, 6) is 0.542. The molecular formula is C18H21ClN4O. The molecule has 0 atom stereocenters. The van der Waals surface area contributed by atoms with Crippen LogP contribution >= 0.6 is 11.6 Å². The molecule has 1 fully saturated rings. The molecule has 0 radical (unpaired) electrons. The molecule has 1 aromatic carbocycles. The highest BCUT2D eigenvalue weighted by molar-refractivity contribution is 6.30. The van der Waals surface area contributed by atoms with Gasteiger partial charge in [-0.15, -0.1) is 0 Å². The summed E-state index contributed by atoms with van der Waals surface area (Å²) in [4.78, 5) is 20.5. The summed E-state index contributed by atoms with van der Waals surface area (Å²) in [6.07, 6.45) is 7.01. The van der Waals surface area contributed by atoms with Crippen LogP contribution in [0.15, 0.2) is 36.7 Å². The van der Waals surface area contributed by atoms with E-state index < -0.39 is 0 Å². The van der Waals surface area contributed by atoms with Gasteiger partial charge in [-0.1, -0.05) is 36.6 Å². The molecule has 1 amide bonds. The van der Waals surface area contributed by atoms with Crippen LogP contribution in [-0.4, -0.2) is 28.5 Å². The maximum absolute atomic E-state index is 12.2. The number of carbonyl (C=O) groups excluding carboxylic acids is 1. The zero-order chi connectivity index (χ0) is 16.8. The fraction of sp³-hybridized carbons (Fsp3) is 0.389. The minimum atomic E-state index is -0.180. The van der Waals surface area contributed by atoms with E-state index in [-0.39, 0.29) is 5.91 Å². The monoisotopic (exact) mass is 344 g/mol. The Morgan fingerprint density at radius 1 is 1.17 bits per heavy atom. The van der Waals surface area contributed by atoms with Crippen LogP contribution in [0, 0.1) is 0 Å². The molecule has 1 aromatic heterocycles. The van der Waals surface area contributed by atoms with Gasteiger partial charge in [0.15, 0.2) is 0 Å². The first-order valence-electron chi connectivity index (χ1n) is 8.32. The van der Waals surface area contributed by atoms with Gasteiger partial charge in [-0.05, 0) is 37.0 Å². The van der Waals surface area contributed by atoms with Crippen LogP contribution < -0.4 is 10.6 Å². The molecule has 0 spiro atoms. The van der Waals surface area contributed by atoms with Crippen molar-refractivity contribution >= 4 is 23.3 Å². The number of halogens is 1. The Morgan fingerprint density at radius 3 is 2.67 bits per heavy atom. The maximum atomic E-state index is 12.2. The third kappa shape index (κ3) is 4.68. The number of anilines is 1. The topological polar surface area (TPSA) is 66.9 Å². The number of aromatic nitrogens is 2. The molecule has 24 heavy (non-hydrogen) atoms. The highest BCUT2D eigenvalue weighted by Gasteiger charge is 2.16. The number of carbonyl (C=O) groups is 1. The lowest BCUT2D eigenvalue weighted by Gasteiger charge is -2.12. The minimum absolute atomic E-state index is 0.180. The summed E-state index contributed by atoms with van der Waals surface area (Å²) < 4.78 is 0. The average Bonchev–Trinajstić information content (AvgIpc) is 3.10. The number of nitrogens with one attached hydrogen (secondary N) is 2. The summed E-state index contributed by atoms with van der Waals surface area (Å²) in [5.41, 5.74) is 1.52. The van der Waals surface area contributed by atoms with Crippen LogP contribution in [0.1, 0.15) is 41.7 Å². The van der Waals surface area contributed by atoms with Crippen molar-refractivity contribution in [2.75, 3.05) is 11.9 Å². The normalized spacial score (nSPS) is 14.5. The average molecular weight is 345 g/mol. The van der Waals surface area contributed by atoms with Crippen LogP contribution in [-0.2, 0) is 6.42 Å². The number of rotatable bonds is 6. The van der Waals surface area contributed by atoms with Crippen molar-refractivity contribution in [1.82, 2.24) is 15.3 Å². The summed E-state index contributed by atoms with van der Waals surface area (Å²) in [7, 11) is 0. The van der Waals surface area contributed by atoms with E-state index in [4.69, 9.17) is 11.6 Å². The van der Waals surface area contributed by atoms with Crippen molar-refractivity contribution in [2.24, 2.45) is 0 Å². The SMILES string of the molecule is O=C(NCCc1ccc(Cl)cc1)c1cc(NC2CCCC2)ncn1. The van der Waals surface area contributed by atoms with Crippen LogP contribution in [0.25, 0.3) is 0 Å². The summed E-state index contributed by atoms with van der Waals surface area (Å²) in [6.45, 7) is 0.551. The fourth-order valence-electron chi connectivity index (χ4n) is 2.90. The molecule has 1 aliphatic rings. The Bertz CT molecular complexity index is 684. The Kier molecular flexibility index (Phi) is 5.64. The molecular weight excluding hydrogens is 324 g/mol. The number of amides is 1. The lowest BCUT2D eigenvalue weighted by molar-refractivity contribution is 0.0949. The van der Waals surface area contributed by atoms with Gasteiger partial charge in [0, 0.05) is 23.7 Å². The van der Waals surface area contributed by atoms with Crippen molar-refractivity contribution in [2.45, 2.75) is 38.1 Å². The van der Waals surface area contributed by atoms with Gasteiger partial charge in [-0.25, -0.2) is 9.97 Å². The quantitative estimate of drug-likeness (QED) is 0.842. The minimum Gasteiger partial charge on any atom is -0.367 e. The highest BCUT2D eigenvalue weighted by atomic mass is 35.5. The predicted octanol–water partition coefficient (Wildman–Crippen LogP) is 3.46. The molecule has 0 saturated heterocycles. The fourth-order valence-corrected chi connectivity index (χ4v) is 3.03. The van der Waals surface area contributed by atoms with Crippen LogP contribution in [0.5, 0.6) is 0 Å². The van der Waals surface area contributed by atoms with Crippen LogP contribution in [0.2, 0.25) is 5.02 Å². The Morgan fingerprint density at radius 2 is 1.92 bits per heavy atom. The van der Waals surface area contributed by atoms with Gasteiger partial charge in [0.1, 0.15) is 17.8 Å². The Balaban J connectivity index is 1.51. The molecule has 126 valence electrons. The van der Waals surface area contributed by atoms with Gasteiger partial charge < -0.3 is 10.6 Å². The van der Waals surface area contributed by atoms with E-state index in [9.17, 15) is 4.79 Å². The van der Waals surface area contributed by atoms with Gasteiger partial charge in [-0.3, -0.25) is 4.79 Å². The van der Waals surface area contributed by atoms with E-state index in [0.29, 0.717) is 23.3 Å². The number of hydrogen-bond donors (Lipinski definition) is 2. The maximum Gasteiger partial charge on any atom is 0.270 e. The summed E-state index contributed by atoms with van der Waals surface area (Å²) >= 11 is 5.86. The van der Waals surface area contributed by atoms with E-state index in [1.165, 1.54) is 19.2 Å². The van der Waals surface area contributed by atoms with Crippen molar-refractivity contribution < 1.29 is 4.79 Å². The van der Waals surface area contributed by atoms with Gasteiger partial charge in [0.2, 0.25) is 0 Å². The van der Waals surface area contributed by atoms with Crippen molar-refractivity contribution in [3.8, 4) is 0 Å². The Hall–Kier alpha value is -2.14. The molecule has 0 unspecified atom stereocenters. The molecule has 3 rings (SSSR count). The second kappa shape index (κ2) is 8.11. The molecule has 2 N–H and O–H groups in total. The highest BCUT2D eigenvalue weighted by Crippen LogP contribution is 2.21. The number of nitrogens with zero attached hydrogens (tertiary/aromatic N) is 2. The molecule has 5 nitrogen and oxygen atoms in total. The predicted molar refractivity (Wildman–Crippen MR) is 95.4 cm³/mol. The van der Waals surface area contributed by atoms with Crippen molar-refractivity contribution in [1.29, 1.82) is 0 Å². The first kappa shape index (κ1) is 16.7. The van der Waals surface area contributed by atoms with E-state index in [0.717, 1.165) is 30.6 Å². The molecule has 1 saturated carbocycles. The number of benzene rings is 1. The zero-order valence-corrected chi connectivity index (χ0v) is 14.2. The van der Waals surface area contributed by atoms with Crippen LogP contribution in [0.3, 0.4) is 0 Å². The summed E-state index contributed by atoms with van der Waals surface area (Å²) in [6, 6.07) is 9.80. The van der Waals surface area contributed by atoms with Gasteiger partial charge in [0.05, 0.1) is 0 Å². The van der Waals surface area contributed by atoms with E-state index in [1.54, 1.807) is 6.07 Å². The van der Waals surface area contributed by atoms with E-state index in [2.05, 4.69) is 20.6 Å². The lowest BCUT2D eigenvalue weighted by Crippen LogP contribution is -2.27. The second-order valence-electron chi connectivity index (χ2n) is 6.05. The molecule has 0 aliphatic heterocycles. The van der Waals surface area contributed by atoms with E-state index in [1.807, 2.05) is 24.3 Å². The smallest absolute Gasteiger partial charge is 0.270 e. The van der Waals surface area contributed by atoms with Gasteiger partial charge in [-0.2, -0.15) is 0 Å². The van der Waals surface area contributed by atoms with Crippen molar-refractivity contribution in [3.63, 3.8) is 0 Å². The first-order chi connectivity index (χ1) is 11.7. The molecule has 0 bridgehead atoms. The number of hydrogen-bond acceptors (Lipinski definition) is 4. The zero-order valence-electron chi connectivity index (χ0n) is 13.5. The standard InChI is InChI=1S/C18H21ClN4O/c19-14-7-5-13(6-8-14)9-10-20-18(24)16-11-17(22-12-21-16)23-15-3-1-2-4-15/h5-8,11-12,15H,1-4,9-10H2,(H,20,24)(H,21,22,23). The van der Waals surface area contributed by atoms with Crippen molar-refractivity contribution in [3.05, 3.63) is 52.9 Å². The lowest BCUT2D eigenvalue weighted by atomic mass is 10.1. The van der Waals surface area contributed by atoms with E-state index >= 15 is 0 Å². The Labute approximate surface area is 146 Å².